The van der Waals surface area contributed by atoms with E-state index < -0.39 is 5.97 Å². The molecule has 0 aromatic carbocycles. The molecule has 0 bridgehead atoms. The number of pyridine rings is 1. The van der Waals surface area contributed by atoms with Crippen LogP contribution < -0.4 is 5.32 Å². The van der Waals surface area contributed by atoms with Crippen LogP contribution in [0.15, 0.2) is 35.8 Å². The largest absolute Gasteiger partial charge is 0.477 e. The molecule has 18 heavy (non-hydrogen) atoms. The summed E-state index contributed by atoms with van der Waals surface area (Å²) in [4.78, 5) is 27.0. The average Bonchev–Trinajstić information content (AvgIpc) is 2.82. The minimum atomic E-state index is -1.12. The van der Waals surface area contributed by atoms with Gasteiger partial charge in [-0.25, -0.2) is 9.78 Å². The second-order valence-corrected chi connectivity index (χ2v) is 4.57. The van der Waals surface area contributed by atoms with Gasteiger partial charge in [0, 0.05) is 16.8 Å². The van der Waals surface area contributed by atoms with Crippen LogP contribution in [-0.2, 0) is 11.2 Å². The number of amides is 1. The Morgan fingerprint density at radius 1 is 1.39 bits per heavy atom. The molecule has 92 valence electrons. The molecule has 6 heteroatoms. The second-order valence-electron chi connectivity index (χ2n) is 3.54. The van der Waals surface area contributed by atoms with Crippen LogP contribution in [0.5, 0.6) is 0 Å². The van der Waals surface area contributed by atoms with Gasteiger partial charge in [-0.3, -0.25) is 4.79 Å². The van der Waals surface area contributed by atoms with E-state index in [0.29, 0.717) is 5.69 Å². The van der Waals surface area contributed by atoms with Crippen LogP contribution >= 0.6 is 11.3 Å². The molecule has 2 N–H and O–H groups in total. The SMILES string of the molecule is O=C(Cc1cccs1)Nc1ccnc(C(=O)O)c1. The maximum atomic E-state index is 11.7. The summed E-state index contributed by atoms with van der Waals surface area (Å²) in [5.41, 5.74) is 0.341. The van der Waals surface area contributed by atoms with E-state index in [1.807, 2.05) is 17.5 Å². The van der Waals surface area contributed by atoms with Crippen LogP contribution in [0.2, 0.25) is 0 Å². The smallest absolute Gasteiger partial charge is 0.354 e. The highest BCUT2D eigenvalue weighted by Crippen LogP contribution is 2.12. The molecule has 0 aliphatic rings. The lowest BCUT2D eigenvalue weighted by molar-refractivity contribution is -0.115. The van der Waals surface area contributed by atoms with Crippen molar-refractivity contribution in [2.24, 2.45) is 0 Å². The third kappa shape index (κ3) is 3.14. The number of thiophene rings is 1. The van der Waals surface area contributed by atoms with Crippen molar-refractivity contribution in [1.29, 1.82) is 0 Å². The Morgan fingerprint density at radius 2 is 2.22 bits per heavy atom. The minimum absolute atomic E-state index is 0.0936. The Morgan fingerprint density at radius 3 is 2.89 bits per heavy atom. The summed E-state index contributed by atoms with van der Waals surface area (Å²) in [5, 5.41) is 13.3. The number of carboxylic acids is 1. The molecular weight excluding hydrogens is 252 g/mol. The number of aromatic carboxylic acids is 1. The molecule has 0 aliphatic carbocycles. The van der Waals surface area contributed by atoms with Gasteiger partial charge in [0.15, 0.2) is 0 Å². The van der Waals surface area contributed by atoms with E-state index in [-0.39, 0.29) is 18.0 Å². The first kappa shape index (κ1) is 12.3. The van der Waals surface area contributed by atoms with E-state index >= 15 is 0 Å². The van der Waals surface area contributed by atoms with Crippen molar-refractivity contribution in [3.8, 4) is 0 Å². The van der Waals surface area contributed by atoms with Crippen molar-refractivity contribution in [3.63, 3.8) is 0 Å². The molecule has 0 saturated heterocycles. The van der Waals surface area contributed by atoms with Gasteiger partial charge >= 0.3 is 5.97 Å². The summed E-state index contributed by atoms with van der Waals surface area (Å²) < 4.78 is 0. The molecule has 2 aromatic heterocycles. The molecule has 2 heterocycles. The van der Waals surface area contributed by atoms with Gasteiger partial charge in [0.2, 0.25) is 5.91 Å². The van der Waals surface area contributed by atoms with Gasteiger partial charge in [-0.1, -0.05) is 6.07 Å². The number of carboxylic acid groups (broad SMARTS) is 1. The molecular formula is C12H10N2O3S. The summed E-state index contributed by atoms with van der Waals surface area (Å²) in [5.74, 6) is -1.30. The molecule has 0 fully saturated rings. The lowest BCUT2D eigenvalue weighted by Crippen LogP contribution is -2.14. The highest BCUT2D eigenvalue weighted by Gasteiger charge is 2.08. The van der Waals surface area contributed by atoms with Gasteiger partial charge in [-0.2, -0.15) is 0 Å². The van der Waals surface area contributed by atoms with Gasteiger partial charge in [0.25, 0.3) is 0 Å². The first-order valence-corrected chi connectivity index (χ1v) is 6.04. The summed E-state index contributed by atoms with van der Waals surface area (Å²) in [7, 11) is 0. The van der Waals surface area contributed by atoms with Gasteiger partial charge in [-0.15, -0.1) is 11.3 Å². The maximum Gasteiger partial charge on any atom is 0.354 e. The van der Waals surface area contributed by atoms with Crippen LogP contribution in [-0.4, -0.2) is 22.0 Å². The van der Waals surface area contributed by atoms with Crippen molar-refractivity contribution >= 4 is 28.9 Å². The van der Waals surface area contributed by atoms with Gasteiger partial charge in [0.1, 0.15) is 5.69 Å². The zero-order chi connectivity index (χ0) is 13.0. The van der Waals surface area contributed by atoms with E-state index in [9.17, 15) is 9.59 Å². The number of anilines is 1. The molecule has 1 amide bonds. The average molecular weight is 262 g/mol. The van der Waals surface area contributed by atoms with E-state index in [1.165, 1.54) is 23.6 Å². The topological polar surface area (TPSA) is 79.3 Å². The monoisotopic (exact) mass is 262 g/mol. The summed E-state index contributed by atoms with van der Waals surface area (Å²) >= 11 is 1.50. The molecule has 0 atom stereocenters. The minimum Gasteiger partial charge on any atom is -0.477 e. The number of hydrogen-bond donors (Lipinski definition) is 2. The zero-order valence-electron chi connectivity index (χ0n) is 9.29. The quantitative estimate of drug-likeness (QED) is 0.883. The number of carbonyl (C=O) groups is 2. The Kier molecular flexibility index (Phi) is 3.69. The van der Waals surface area contributed by atoms with Gasteiger partial charge < -0.3 is 10.4 Å². The summed E-state index contributed by atoms with van der Waals surface area (Å²) in [6.45, 7) is 0. The number of nitrogens with one attached hydrogen (secondary N) is 1. The predicted octanol–water partition coefficient (Wildman–Crippen LogP) is 2.02. The van der Waals surface area contributed by atoms with E-state index in [0.717, 1.165) is 4.88 Å². The highest BCUT2D eigenvalue weighted by atomic mass is 32.1. The van der Waals surface area contributed by atoms with Crippen LogP contribution in [0.3, 0.4) is 0 Å². The Bertz CT molecular complexity index is 566. The molecule has 0 saturated carbocycles. The van der Waals surface area contributed by atoms with Gasteiger partial charge in [0.05, 0.1) is 6.42 Å². The van der Waals surface area contributed by atoms with E-state index in [2.05, 4.69) is 10.3 Å². The molecule has 5 nitrogen and oxygen atoms in total. The summed E-state index contributed by atoms with van der Waals surface area (Å²) in [6.07, 6.45) is 1.63. The van der Waals surface area contributed by atoms with Crippen molar-refractivity contribution < 1.29 is 14.7 Å². The molecule has 0 spiro atoms. The molecule has 2 rings (SSSR count). The van der Waals surface area contributed by atoms with Crippen molar-refractivity contribution in [2.75, 3.05) is 5.32 Å². The number of aromatic nitrogens is 1. The number of hydrogen-bond acceptors (Lipinski definition) is 4. The third-order valence-corrected chi connectivity index (χ3v) is 3.05. The summed E-state index contributed by atoms with van der Waals surface area (Å²) in [6, 6.07) is 6.63. The standard InChI is InChI=1S/C12H10N2O3S/c15-11(7-9-2-1-5-18-9)14-8-3-4-13-10(6-8)12(16)17/h1-6H,7H2,(H,16,17)(H,13,14,15). The highest BCUT2D eigenvalue weighted by molar-refractivity contribution is 7.10. The van der Waals surface area contributed by atoms with E-state index in [4.69, 9.17) is 5.11 Å². The number of nitrogens with zero attached hydrogens (tertiary/aromatic N) is 1. The molecule has 0 aliphatic heterocycles. The lowest BCUT2D eigenvalue weighted by atomic mass is 10.3. The molecule has 0 unspecified atom stereocenters. The third-order valence-electron chi connectivity index (χ3n) is 2.18. The fraction of sp³-hybridized carbons (Fsp3) is 0.0833. The Labute approximate surface area is 107 Å². The Hall–Kier alpha value is -2.21. The normalized spacial score (nSPS) is 10.0. The fourth-order valence-electron chi connectivity index (χ4n) is 1.40. The van der Waals surface area contributed by atoms with E-state index in [1.54, 1.807) is 6.07 Å². The van der Waals surface area contributed by atoms with Crippen LogP contribution in [0.1, 0.15) is 15.4 Å². The first-order chi connectivity index (χ1) is 8.65. The fourth-order valence-corrected chi connectivity index (χ4v) is 2.11. The molecule has 0 radical (unpaired) electrons. The van der Waals surface area contributed by atoms with Crippen LogP contribution in [0.25, 0.3) is 0 Å². The number of carbonyl (C=O) groups excluding carboxylic acids is 1. The van der Waals surface area contributed by atoms with Crippen LogP contribution in [0, 0.1) is 0 Å². The second kappa shape index (κ2) is 5.42. The zero-order valence-corrected chi connectivity index (χ0v) is 10.1. The molecule has 2 aromatic rings. The predicted molar refractivity (Wildman–Crippen MR) is 67.8 cm³/mol. The van der Waals surface area contributed by atoms with Crippen LogP contribution in [0.4, 0.5) is 5.69 Å². The maximum absolute atomic E-state index is 11.7. The van der Waals surface area contributed by atoms with Gasteiger partial charge in [-0.05, 0) is 23.6 Å². The Balaban J connectivity index is 2.03. The number of rotatable bonds is 4. The first-order valence-electron chi connectivity index (χ1n) is 5.17. The van der Waals surface area contributed by atoms with Crippen molar-refractivity contribution in [2.45, 2.75) is 6.42 Å². The van der Waals surface area contributed by atoms with Crippen molar-refractivity contribution in [1.82, 2.24) is 4.98 Å². The van der Waals surface area contributed by atoms with Crippen molar-refractivity contribution in [3.05, 3.63) is 46.4 Å². The lowest BCUT2D eigenvalue weighted by Gasteiger charge is -2.04.